The van der Waals surface area contributed by atoms with Crippen molar-refractivity contribution >= 4 is 11.9 Å². The van der Waals surface area contributed by atoms with Crippen LogP contribution in [0.25, 0.3) is 0 Å². The first-order chi connectivity index (χ1) is 12.3. The van der Waals surface area contributed by atoms with Crippen molar-refractivity contribution in [2.45, 2.75) is 51.5 Å². The van der Waals surface area contributed by atoms with E-state index in [1.165, 1.54) is 0 Å². The average Bonchev–Trinajstić information content (AvgIpc) is 2.85. The van der Waals surface area contributed by atoms with E-state index >= 15 is 0 Å². The molecule has 0 aliphatic heterocycles. The second kappa shape index (κ2) is 6.94. The standard InChI is InChI=1S/C20H25N3O3/c1-13-16(14(2)23(3)22-13)10-11-18(24)21-20(19(25)26)12-6-8-15-7-4-5-9-17(15)20/h4-5,7,9H,6,8,10-12H2,1-3H3,(H,21,24)(H,25,26)/t20-/m0/s1. The zero-order chi connectivity index (χ0) is 18.9. The van der Waals surface area contributed by atoms with Gasteiger partial charge >= 0.3 is 5.97 Å². The molecular weight excluding hydrogens is 330 g/mol. The van der Waals surface area contributed by atoms with Gasteiger partial charge in [-0.2, -0.15) is 5.10 Å². The largest absolute Gasteiger partial charge is 0.479 e. The molecule has 1 aromatic heterocycles. The summed E-state index contributed by atoms with van der Waals surface area (Å²) < 4.78 is 1.80. The number of carbonyl (C=O) groups is 2. The van der Waals surface area contributed by atoms with Crippen LogP contribution in [0, 0.1) is 13.8 Å². The van der Waals surface area contributed by atoms with Gasteiger partial charge in [-0.1, -0.05) is 24.3 Å². The molecule has 6 heteroatoms. The van der Waals surface area contributed by atoms with Gasteiger partial charge in [-0.05, 0) is 56.2 Å². The lowest BCUT2D eigenvalue weighted by atomic mass is 9.76. The Labute approximate surface area is 153 Å². The third kappa shape index (κ3) is 3.11. The first-order valence-corrected chi connectivity index (χ1v) is 8.97. The predicted molar refractivity (Wildman–Crippen MR) is 97.8 cm³/mol. The molecule has 1 heterocycles. The Morgan fingerprint density at radius 2 is 2.04 bits per heavy atom. The summed E-state index contributed by atoms with van der Waals surface area (Å²) in [6.07, 6.45) is 2.79. The summed E-state index contributed by atoms with van der Waals surface area (Å²) in [5, 5.41) is 17.1. The summed E-state index contributed by atoms with van der Waals surface area (Å²) in [5.74, 6) is -1.24. The number of aliphatic carboxylic acids is 1. The highest BCUT2D eigenvalue weighted by molar-refractivity contribution is 5.89. The molecule has 1 aliphatic rings. The lowest BCUT2D eigenvalue weighted by Gasteiger charge is -2.36. The second-order valence-electron chi connectivity index (χ2n) is 7.04. The van der Waals surface area contributed by atoms with Crippen LogP contribution in [0.1, 0.15) is 47.3 Å². The molecule has 1 aromatic carbocycles. The van der Waals surface area contributed by atoms with Crippen molar-refractivity contribution < 1.29 is 14.7 Å². The molecule has 0 fully saturated rings. The Morgan fingerprint density at radius 3 is 2.69 bits per heavy atom. The highest BCUT2D eigenvalue weighted by atomic mass is 16.4. The van der Waals surface area contributed by atoms with Gasteiger partial charge in [0, 0.05) is 19.2 Å². The molecule has 0 saturated heterocycles. The maximum Gasteiger partial charge on any atom is 0.334 e. The SMILES string of the molecule is Cc1nn(C)c(C)c1CCC(=O)N[C@@]1(C(=O)O)CCCc2ccccc21. The summed E-state index contributed by atoms with van der Waals surface area (Å²) >= 11 is 0. The van der Waals surface area contributed by atoms with Gasteiger partial charge in [0.2, 0.25) is 5.91 Å². The Kier molecular flexibility index (Phi) is 4.85. The van der Waals surface area contributed by atoms with Crippen LogP contribution in [0.4, 0.5) is 0 Å². The molecule has 0 saturated carbocycles. The molecular formula is C20H25N3O3. The summed E-state index contributed by atoms with van der Waals surface area (Å²) in [7, 11) is 1.88. The summed E-state index contributed by atoms with van der Waals surface area (Å²) in [5.41, 5.74) is 3.38. The van der Waals surface area contributed by atoms with Gasteiger partial charge in [-0.15, -0.1) is 0 Å². The van der Waals surface area contributed by atoms with Crippen LogP contribution in [0.5, 0.6) is 0 Å². The number of amides is 1. The van der Waals surface area contributed by atoms with E-state index in [2.05, 4.69) is 10.4 Å². The number of carbonyl (C=O) groups excluding carboxylic acids is 1. The number of hydrogen-bond donors (Lipinski definition) is 2. The molecule has 26 heavy (non-hydrogen) atoms. The Bertz CT molecular complexity index is 856. The van der Waals surface area contributed by atoms with E-state index in [4.69, 9.17) is 0 Å². The van der Waals surface area contributed by atoms with Crippen molar-refractivity contribution in [2.24, 2.45) is 7.05 Å². The highest BCUT2D eigenvalue weighted by Gasteiger charge is 2.44. The highest BCUT2D eigenvalue weighted by Crippen LogP contribution is 2.35. The molecule has 0 radical (unpaired) electrons. The lowest BCUT2D eigenvalue weighted by Crippen LogP contribution is -2.53. The van der Waals surface area contributed by atoms with E-state index in [1.54, 1.807) is 4.68 Å². The maximum absolute atomic E-state index is 12.6. The third-order valence-electron chi connectivity index (χ3n) is 5.45. The number of rotatable bonds is 5. The van der Waals surface area contributed by atoms with E-state index in [1.807, 2.05) is 45.2 Å². The van der Waals surface area contributed by atoms with Gasteiger partial charge < -0.3 is 10.4 Å². The maximum atomic E-state index is 12.6. The minimum Gasteiger partial charge on any atom is -0.479 e. The molecule has 2 aromatic rings. The average molecular weight is 355 g/mol. The summed E-state index contributed by atoms with van der Waals surface area (Å²) in [6.45, 7) is 3.90. The van der Waals surface area contributed by atoms with Gasteiger partial charge in [0.05, 0.1) is 5.69 Å². The van der Waals surface area contributed by atoms with E-state index in [-0.39, 0.29) is 12.3 Å². The lowest BCUT2D eigenvalue weighted by molar-refractivity contribution is -0.149. The van der Waals surface area contributed by atoms with Crippen LogP contribution < -0.4 is 5.32 Å². The van der Waals surface area contributed by atoms with Crippen molar-refractivity contribution in [1.29, 1.82) is 0 Å². The fraction of sp³-hybridized carbons (Fsp3) is 0.450. The van der Waals surface area contributed by atoms with Crippen LogP contribution in [0.3, 0.4) is 0 Å². The van der Waals surface area contributed by atoms with Crippen molar-refractivity contribution in [3.8, 4) is 0 Å². The van der Waals surface area contributed by atoms with Crippen LogP contribution >= 0.6 is 0 Å². The fourth-order valence-corrected chi connectivity index (χ4v) is 3.96. The number of aromatic nitrogens is 2. The Morgan fingerprint density at radius 1 is 1.31 bits per heavy atom. The van der Waals surface area contributed by atoms with Crippen molar-refractivity contribution in [3.05, 3.63) is 52.3 Å². The first-order valence-electron chi connectivity index (χ1n) is 8.97. The number of benzene rings is 1. The second-order valence-corrected chi connectivity index (χ2v) is 7.04. The monoisotopic (exact) mass is 355 g/mol. The summed E-state index contributed by atoms with van der Waals surface area (Å²) in [6, 6.07) is 7.50. The van der Waals surface area contributed by atoms with Gasteiger partial charge in [0.1, 0.15) is 0 Å². The molecule has 1 amide bonds. The molecule has 3 rings (SSSR count). The van der Waals surface area contributed by atoms with E-state index in [0.29, 0.717) is 18.4 Å². The number of aryl methyl sites for hydroxylation is 3. The van der Waals surface area contributed by atoms with Gasteiger partial charge in [0.25, 0.3) is 0 Å². The quantitative estimate of drug-likeness (QED) is 0.863. The van der Waals surface area contributed by atoms with E-state index < -0.39 is 11.5 Å². The fourth-order valence-electron chi connectivity index (χ4n) is 3.96. The topological polar surface area (TPSA) is 84.2 Å². The van der Waals surface area contributed by atoms with Crippen LogP contribution in [0.2, 0.25) is 0 Å². The number of hydrogen-bond acceptors (Lipinski definition) is 3. The Hall–Kier alpha value is -2.63. The normalized spacial score (nSPS) is 19.0. The van der Waals surface area contributed by atoms with Crippen molar-refractivity contribution in [3.63, 3.8) is 0 Å². The number of carboxylic acids is 1. The van der Waals surface area contributed by atoms with Crippen LogP contribution in [-0.2, 0) is 35.0 Å². The van der Waals surface area contributed by atoms with Crippen molar-refractivity contribution in [1.82, 2.24) is 15.1 Å². The zero-order valence-corrected chi connectivity index (χ0v) is 15.5. The summed E-state index contributed by atoms with van der Waals surface area (Å²) in [4.78, 5) is 24.8. The van der Waals surface area contributed by atoms with E-state index in [0.717, 1.165) is 35.4 Å². The third-order valence-corrected chi connectivity index (χ3v) is 5.45. The van der Waals surface area contributed by atoms with Gasteiger partial charge in [0.15, 0.2) is 5.54 Å². The molecule has 6 nitrogen and oxygen atoms in total. The molecule has 0 bridgehead atoms. The zero-order valence-electron chi connectivity index (χ0n) is 15.5. The molecule has 0 unspecified atom stereocenters. The van der Waals surface area contributed by atoms with E-state index in [9.17, 15) is 14.7 Å². The molecule has 0 spiro atoms. The van der Waals surface area contributed by atoms with Gasteiger partial charge in [-0.25, -0.2) is 4.79 Å². The number of nitrogens with zero attached hydrogens (tertiary/aromatic N) is 2. The Balaban J connectivity index is 1.79. The first kappa shape index (κ1) is 18.2. The molecule has 1 atom stereocenters. The smallest absolute Gasteiger partial charge is 0.334 e. The number of fused-ring (bicyclic) bond motifs is 1. The van der Waals surface area contributed by atoms with Crippen molar-refractivity contribution in [2.75, 3.05) is 0 Å². The van der Waals surface area contributed by atoms with Crippen LogP contribution in [0.15, 0.2) is 24.3 Å². The molecule has 2 N–H and O–H groups in total. The minimum atomic E-state index is -1.33. The minimum absolute atomic E-state index is 0.241. The van der Waals surface area contributed by atoms with Crippen LogP contribution in [-0.4, -0.2) is 26.8 Å². The predicted octanol–water partition coefficient (Wildman–Crippen LogP) is 2.40. The number of nitrogens with one attached hydrogen (secondary N) is 1. The number of carboxylic acid groups (broad SMARTS) is 1. The molecule has 1 aliphatic carbocycles. The van der Waals surface area contributed by atoms with Gasteiger partial charge in [-0.3, -0.25) is 9.48 Å². The molecule has 138 valence electrons.